The number of nitrogens with zero attached hydrogens (tertiary/aromatic N) is 3. The number of benzene rings is 1. The average molecular weight is 453 g/mol. The van der Waals surface area contributed by atoms with Crippen LogP contribution < -0.4 is 10.6 Å². The topological polar surface area (TPSA) is 98.6 Å². The zero-order chi connectivity index (χ0) is 23.8. The first kappa shape index (κ1) is 23.2. The van der Waals surface area contributed by atoms with Crippen LogP contribution in [0, 0.1) is 18.3 Å². The van der Waals surface area contributed by atoms with Crippen LogP contribution in [0.2, 0.25) is 0 Å². The molecule has 4 aromatic rings. The highest BCUT2D eigenvalue weighted by Gasteiger charge is 2.11. The molecule has 3 heterocycles. The smallest absolute Gasteiger partial charge is 0.103 e. The number of ether oxygens (including phenoxy) is 1. The van der Waals surface area contributed by atoms with Crippen molar-refractivity contribution in [2.45, 2.75) is 20.4 Å². The largest absolute Gasteiger partial charge is 0.380 e. The van der Waals surface area contributed by atoms with Gasteiger partial charge in [-0.2, -0.15) is 5.26 Å². The first-order valence-corrected chi connectivity index (χ1v) is 11.3. The molecule has 0 bridgehead atoms. The number of aromatic nitrogens is 3. The van der Waals surface area contributed by atoms with E-state index in [4.69, 9.17) is 9.72 Å². The maximum Gasteiger partial charge on any atom is 0.103 e. The fourth-order valence-corrected chi connectivity index (χ4v) is 3.75. The monoisotopic (exact) mass is 452 g/mol. The molecule has 0 atom stereocenters. The molecule has 3 aromatic heterocycles. The molecule has 0 aliphatic heterocycles. The van der Waals surface area contributed by atoms with Gasteiger partial charge in [0.05, 0.1) is 29.2 Å². The molecule has 0 amide bonds. The Labute approximate surface area is 199 Å². The van der Waals surface area contributed by atoms with E-state index in [1.807, 2.05) is 55.6 Å². The summed E-state index contributed by atoms with van der Waals surface area (Å²) in [5, 5.41) is 17.6. The Balaban J connectivity index is 1.55. The first-order valence-electron chi connectivity index (χ1n) is 11.3. The summed E-state index contributed by atoms with van der Waals surface area (Å²) in [7, 11) is 0. The van der Waals surface area contributed by atoms with Gasteiger partial charge in [-0.05, 0) is 61.9 Å². The molecule has 0 spiro atoms. The van der Waals surface area contributed by atoms with E-state index in [0.29, 0.717) is 18.7 Å². The fraction of sp³-hybridized carbons (Fsp3) is 0.222. The van der Waals surface area contributed by atoms with Gasteiger partial charge in [0.15, 0.2) is 0 Å². The molecule has 0 aliphatic carbocycles. The number of hydrogen-bond acceptors (Lipinski definition) is 6. The molecule has 0 unspecified atom stereocenters. The van der Waals surface area contributed by atoms with E-state index in [0.717, 1.165) is 57.9 Å². The van der Waals surface area contributed by atoms with Crippen LogP contribution in [0.5, 0.6) is 0 Å². The number of H-pyrrole nitrogens is 1. The summed E-state index contributed by atoms with van der Waals surface area (Å²) in [6.45, 7) is 6.92. The van der Waals surface area contributed by atoms with Crippen molar-refractivity contribution in [1.29, 1.82) is 5.26 Å². The molecule has 3 N–H and O–H groups in total. The van der Waals surface area contributed by atoms with E-state index in [2.05, 4.69) is 39.7 Å². The Morgan fingerprint density at radius 3 is 2.91 bits per heavy atom. The Morgan fingerprint density at radius 2 is 2.06 bits per heavy atom. The van der Waals surface area contributed by atoms with Crippen molar-refractivity contribution in [2.24, 2.45) is 0 Å². The van der Waals surface area contributed by atoms with Gasteiger partial charge in [-0.25, -0.2) is 0 Å². The number of hydrogen-bond donors (Lipinski definition) is 3. The van der Waals surface area contributed by atoms with Crippen molar-refractivity contribution >= 4 is 34.4 Å². The number of rotatable bonds is 10. The lowest BCUT2D eigenvalue weighted by molar-refractivity contribution is 0.149. The number of aromatic amines is 1. The lowest BCUT2D eigenvalue weighted by atomic mass is 10.1. The minimum Gasteiger partial charge on any atom is -0.380 e. The summed E-state index contributed by atoms with van der Waals surface area (Å²) in [4.78, 5) is 12.2. The van der Waals surface area contributed by atoms with Crippen molar-refractivity contribution in [3.05, 3.63) is 83.1 Å². The van der Waals surface area contributed by atoms with Crippen LogP contribution in [0.3, 0.4) is 0 Å². The summed E-state index contributed by atoms with van der Waals surface area (Å²) in [6.07, 6.45) is 9.14. The second-order valence-corrected chi connectivity index (χ2v) is 7.83. The first-order chi connectivity index (χ1) is 16.7. The van der Waals surface area contributed by atoms with E-state index in [1.165, 1.54) is 0 Å². The molecule has 7 nitrogen and oxygen atoms in total. The molecule has 34 heavy (non-hydrogen) atoms. The van der Waals surface area contributed by atoms with Crippen molar-refractivity contribution in [3.8, 4) is 6.07 Å². The lowest BCUT2D eigenvalue weighted by Gasteiger charge is -2.14. The number of pyridine rings is 2. The van der Waals surface area contributed by atoms with Crippen LogP contribution in [-0.2, 0) is 11.3 Å². The van der Waals surface area contributed by atoms with E-state index in [1.54, 1.807) is 12.4 Å². The summed E-state index contributed by atoms with van der Waals surface area (Å²) in [5.41, 5.74) is 6.95. The van der Waals surface area contributed by atoms with Crippen LogP contribution in [0.25, 0.3) is 23.1 Å². The number of nitriles is 1. The van der Waals surface area contributed by atoms with E-state index < -0.39 is 0 Å². The highest BCUT2D eigenvalue weighted by Crippen LogP contribution is 2.31. The second kappa shape index (κ2) is 11.2. The molecular formula is C27H28N6O. The van der Waals surface area contributed by atoms with Crippen LogP contribution in [0.1, 0.15) is 35.0 Å². The van der Waals surface area contributed by atoms with E-state index in [-0.39, 0.29) is 0 Å². The molecule has 7 heteroatoms. The highest BCUT2D eigenvalue weighted by atomic mass is 16.5. The molecular weight excluding hydrogens is 424 g/mol. The van der Waals surface area contributed by atoms with Crippen molar-refractivity contribution in [3.63, 3.8) is 0 Å². The van der Waals surface area contributed by atoms with Crippen LogP contribution in [0.15, 0.2) is 55.0 Å². The summed E-state index contributed by atoms with van der Waals surface area (Å²) < 4.78 is 5.35. The number of fused-ring (bicyclic) bond motifs is 1. The van der Waals surface area contributed by atoms with Crippen molar-refractivity contribution < 1.29 is 4.74 Å². The number of aryl methyl sites for hydroxylation is 1. The SMILES string of the molecule is CCOCCNCc1cccc(C=Cc2cncc(C#N)c2Nc2ccc3[nH]ccc3c2C)n1. The quantitative estimate of drug-likeness (QED) is 0.287. The third kappa shape index (κ3) is 5.49. The maximum absolute atomic E-state index is 9.70. The highest BCUT2D eigenvalue weighted by molar-refractivity contribution is 5.90. The summed E-state index contributed by atoms with van der Waals surface area (Å²) in [6, 6.07) is 14.3. The molecule has 0 saturated carbocycles. The Kier molecular flexibility index (Phi) is 7.66. The van der Waals surface area contributed by atoms with Crippen molar-refractivity contribution in [1.82, 2.24) is 20.3 Å². The van der Waals surface area contributed by atoms with Gasteiger partial charge < -0.3 is 20.4 Å². The third-order valence-electron chi connectivity index (χ3n) is 5.55. The lowest BCUT2D eigenvalue weighted by Crippen LogP contribution is -2.19. The number of anilines is 2. The fourth-order valence-electron chi connectivity index (χ4n) is 3.75. The normalized spacial score (nSPS) is 11.2. The Morgan fingerprint density at radius 1 is 1.15 bits per heavy atom. The van der Waals surface area contributed by atoms with Gasteiger partial charge in [0.25, 0.3) is 0 Å². The van der Waals surface area contributed by atoms with Crippen LogP contribution in [0.4, 0.5) is 11.4 Å². The molecule has 0 fully saturated rings. The third-order valence-corrected chi connectivity index (χ3v) is 5.55. The van der Waals surface area contributed by atoms with Gasteiger partial charge in [0.1, 0.15) is 6.07 Å². The summed E-state index contributed by atoms with van der Waals surface area (Å²) in [5.74, 6) is 0. The standard InChI is InChI=1S/C27H28N6O/c1-3-34-14-13-29-18-23-6-4-5-22(32-23)8-7-20-16-30-17-21(15-28)27(20)33-25-9-10-26-24(19(25)2)11-12-31-26/h4-12,16-17,29,31H,3,13-14,18H2,1-2H3,(H,30,33). The van der Waals surface area contributed by atoms with Gasteiger partial charge in [-0.3, -0.25) is 9.97 Å². The van der Waals surface area contributed by atoms with Gasteiger partial charge in [0.2, 0.25) is 0 Å². The molecule has 1 aromatic carbocycles. The van der Waals surface area contributed by atoms with E-state index in [9.17, 15) is 5.26 Å². The van der Waals surface area contributed by atoms with Gasteiger partial charge in [-0.15, -0.1) is 0 Å². The van der Waals surface area contributed by atoms with Crippen LogP contribution in [-0.4, -0.2) is 34.7 Å². The molecule has 0 aliphatic rings. The van der Waals surface area contributed by atoms with Gasteiger partial charge in [0, 0.05) is 60.4 Å². The van der Waals surface area contributed by atoms with Crippen LogP contribution >= 0.6 is 0 Å². The molecule has 0 saturated heterocycles. The van der Waals surface area contributed by atoms with E-state index >= 15 is 0 Å². The predicted molar refractivity (Wildman–Crippen MR) is 137 cm³/mol. The number of nitrogens with one attached hydrogen (secondary N) is 3. The molecule has 0 radical (unpaired) electrons. The average Bonchev–Trinajstić information content (AvgIpc) is 3.35. The Bertz CT molecular complexity index is 1330. The Hall–Kier alpha value is -3.99. The van der Waals surface area contributed by atoms with Gasteiger partial charge in [-0.1, -0.05) is 6.07 Å². The molecule has 172 valence electrons. The molecule has 4 rings (SSSR count). The minimum absolute atomic E-state index is 0.482. The second-order valence-electron chi connectivity index (χ2n) is 7.83. The zero-order valence-corrected chi connectivity index (χ0v) is 19.4. The predicted octanol–water partition coefficient (Wildman–Crippen LogP) is 5.18. The summed E-state index contributed by atoms with van der Waals surface area (Å²) >= 11 is 0. The minimum atomic E-state index is 0.482. The zero-order valence-electron chi connectivity index (χ0n) is 19.4. The van der Waals surface area contributed by atoms with Crippen molar-refractivity contribution in [2.75, 3.05) is 25.1 Å². The maximum atomic E-state index is 9.70. The van der Waals surface area contributed by atoms with Gasteiger partial charge >= 0.3 is 0 Å².